The lowest BCUT2D eigenvalue weighted by molar-refractivity contribution is -0.128. The zero-order valence-corrected chi connectivity index (χ0v) is 6.79. The second kappa shape index (κ2) is 4.46. The Labute approximate surface area is 66.7 Å². The van der Waals surface area contributed by atoms with Gasteiger partial charge in [0, 0.05) is 18.9 Å². The van der Waals surface area contributed by atoms with Crippen LogP contribution in [0.4, 0.5) is 0 Å². The van der Waals surface area contributed by atoms with E-state index in [-0.39, 0.29) is 12.2 Å². The lowest BCUT2D eigenvalue weighted by Crippen LogP contribution is -2.16. The number of hydrogen-bond acceptors (Lipinski definition) is 3. The van der Waals surface area contributed by atoms with Crippen molar-refractivity contribution in [2.75, 3.05) is 13.2 Å². The Kier molecular flexibility index (Phi) is 3.52. The van der Waals surface area contributed by atoms with Crippen molar-refractivity contribution >= 4 is 6.29 Å². The molecule has 0 saturated carbocycles. The van der Waals surface area contributed by atoms with Gasteiger partial charge in [-0.3, -0.25) is 0 Å². The number of ether oxygens (including phenoxy) is 2. The van der Waals surface area contributed by atoms with Gasteiger partial charge in [0.05, 0.1) is 6.61 Å². The molecule has 1 aliphatic heterocycles. The van der Waals surface area contributed by atoms with Crippen molar-refractivity contribution in [2.45, 2.75) is 26.1 Å². The Morgan fingerprint density at radius 2 is 2.64 bits per heavy atom. The van der Waals surface area contributed by atoms with Gasteiger partial charge in [0.25, 0.3) is 0 Å². The van der Waals surface area contributed by atoms with Crippen molar-refractivity contribution in [2.24, 2.45) is 5.92 Å². The first-order valence-corrected chi connectivity index (χ1v) is 4.01. The van der Waals surface area contributed by atoms with Crippen LogP contribution >= 0.6 is 0 Å². The number of hydrogen-bond donors (Lipinski definition) is 0. The number of rotatable bonds is 4. The third-order valence-corrected chi connectivity index (χ3v) is 1.67. The predicted octanol–water partition coefficient (Wildman–Crippen LogP) is 0.974. The molecule has 64 valence electrons. The van der Waals surface area contributed by atoms with Crippen molar-refractivity contribution in [3.63, 3.8) is 0 Å². The summed E-state index contributed by atoms with van der Waals surface area (Å²) in [6, 6.07) is 0. The molecule has 0 N–H and O–H groups in total. The Morgan fingerprint density at radius 3 is 3.18 bits per heavy atom. The highest BCUT2D eigenvalue weighted by Gasteiger charge is 2.16. The van der Waals surface area contributed by atoms with E-state index in [1.807, 2.05) is 6.92 Å². The monoisotopic (exact) mass is 158 g/mol. The van der Waals surface area contributed by atoms with Crippen molar-refractivity contribution in [3.8, 4) is 0 Å². The highest BCUT2D eigenvalue weighted by molar-refractivity contribution is 5.52. The van der Waals surface area contributed by atoms with Crippen LogP contribution < -0.4 is 0 Å². The maximum absolute atomic E-state index is 10.2. The minimum atomic E-state index is -0.0580. The molecule has 2 unspecified atom stereocenters. The van der Waals surface area contributed by atoms with Gasteiger partial charge in [-0.1, -0.05) is 6.92 Å². The molecule has 1 saturated heterocycles. The predicted molar refractivity (Wildman–Crippen MR) is 40.2 cm³/mol. The van der Waals surface area contributed by atoms with Gasteiger partial charge in [0.15, 0.2) is 6.29 Å². The molecule has 11 heavy (non-hydrogen) atoms. The summed E-state index contributed by atoms with van der Waals surface area (Å²) in [7, 11) is 0. The Morgan fingerprint density at radius 1 is 1.82 bits per heavy atom. The van der Waals surface area contributed by atoms with Gasteiger partial charge in [0.2, 0.25) is 0 Å². The second-order valence-corrected chi connectivity index (χ2v) is 2.89. The molecule has 3 heteroatoms. The summed E-state index contributed by atoms with van der Waals surface area (Å²) >= 11 is 0. The Bertz CT molecular complexity index is 119. The van der Waals surface area contributed by atoms with E-state index in [1.165, 1.54) is 0 Å². The van der Waals surface area contributed by atoms with Crippen LogP contribution in [0.2, 0.25) is 0 Å². The number of aldehydes is 1. The minimum Gasteiger partial charge on any atom is -0.353 e. The topological polar surface area (TPSA) is 35.5 Å². The largest absolute Gasteiger partial charge is 0.353 e. The van der Waals surface area contributed by atoms with Crippen LogP contribution in [0.25, 0.3) is 0 Å². The summed E-state index contributed by atoms with van der Waals surface area (Å²) in [5.41, 5.74) is 0. The van der Waals surface area contributed by atoms with E-state index < -0.39 is 0 Å². The molecule has 0 aliphatic carbocycles. The van der Waals surface area contributed by atoms with Gasteiger partial charge in [-0.25, -0.2) is 0 Å². The van der Waals surface area contributed by atoms with Gasteiger partial charge in [-0.05, 0) is 6.42 Å². The highest BCUT2D eigenvalue weighted by Crippen LogP contribution is 2.13. The van der Waals surface area contributed by atoms with E-state index in [9.17, 15) is 4.79 Å². The summed E-state index contributed by atoms with van der Waals surface area (Å²) in [4.78, 5) is 10.2. The van der Waals surface area contributed by atoms with Gasteiger partial charge in [0.1, 0.15) is 6.29 Å². The molecule has 0 spiro atoms. The molecule has 0 bridgehead atoms. The lowest BCUT2D eigenvalue weighted by Gasteiger charge is -2.11. The Hall–Kier alpha value is -0.410. The van der Waals surface area contributed by atoms with E-state index in [2.05, 4.69) is 0 Å². The van der Waals surface area contributed by atoms with Crippen molar-refractivity contribution in [1.82, 2.24) is 0 Å². The fourth-order valence-electron chi connectivity index (χ4n) is 0.978. The third-order valence-electron chi connectivity index (χ3n) is 1.67. The molecule has 2 atom stereocenters. The highest BCUT2D eigenvalue weighted by atomic mass is 16.7. The molecule has 1 aliphatic rings. The van der Waals surface area contributed by atoms with Gasteiger partial charge < -0.3 is 14.3 Å². The molecule has 0 aromatic rings. The molecule has 1 rings (SSSR count). The van der Waals surface area contributed by atoms with Crippen LogP contribution in [0.3, 0.4) is 0 Å². The number of carbonyl (C=O) groups is 1. The second-order valence-electron chi connectivity index (χ2n) is 2.89. The summed E-state index contributed by atoms with van der Waals surface area (Å²) in [6.07, 6.45) is 2.87. The normalized spacial score (nSPS) is 26.8. The van der Waals surface area contributed by atoms with Crippen LogP contribution in [0.15, 0.2) is 0 Å². The summed E-state index contributed by atoms with van der Waals surface area (Å²) < 4.78 is 10.5. The maximum Gasteiger partial charge on any atom is 0.157 e. The summed E-state index contributed by atoms with van der Waals surface area (Å²) in [5, 5.41) is 0. The molecule has 0 amide bonds. The maximum atomic E-state index is 10.2. The zero-order chi connectivity index (χ0) is 8.10. The molecule has 1 fully saturated rings. The molecule has 0 aromatic heterocycles. The molecule has 0 radical (unpaired) electrons. The van der Waals surface area contributed by atoms with Gasteiger partial charge >= 0.3 is 0 Å². The summed E-state index contributed by atoms with van der Waals surface area (Å²) in [6.45, 7) is 3.11. The average molecular weight is 158 g/mol. The summed E-state index contributed by atoms with van der Waals surface area (Å²) in [5.74, 6) is -0.0146. The molecular formula is C8H14O3. The quantitative estimate of drug-likeness (QED) is 0.572. The van der Waals surface area contributed by atoms with E-state index in [0.717, 1.165) is 25.7 Å². The van der Waals surface area contributed by atoms with Crippen LogP contribution in [0.5, 0.6) is 0 Å². The van der Waals surface area contributed by atoms with Crippen molar-refractivity contribution in [3.05, 3.63) is 0 Å². The standard InChI is InChI=1S/C8H14O3/c1-7(5-9)6-11-8-3-2-4-10-8/h5,7-8H,2-4,6H2,1H3. The van der Waals surface area contributed by atoms with Gasteiger partial charge in [-0.2, -0.15) is 0 Å². The van der Waals surface area contributed by atoms with E-state index in [0.29, 0.717) is 6.61 Å². The molecular weight excluding hydrogens is 144 g/mol. The first-order valence-electron chi connectivity index (χ1n) is 4.01. The van der Waals surface area contributed by atoms with E-state index in [1.54, 1.807) is 0 Å². The average Bonchev–Trinajstić information content (AvgIpc) is 2.52. The SMILES string of the molecule is CC(C=O)COC1CCCO1. The van der Waals surface area contributed by atoms with Gasteiger partial charge in [-0.15, -0.1) is 0 Å². The lowest BCUT2D eigenvalue weighted by atomic mass is 10.2. The van der Waals surface area contributed by atoms with E-state index in [4.69, 9.17) is 9.47 Å². The zero-order valence-electron chi connectivity index (χ0n) is 6.79. The number of carbonyl (C=O) groups excluding carboxylic acids is 1. The van der Waals surface area contributed by atoms with Crippen molar-refractivity contribution < 1.29 is 14.3 Å². The first kappa shape index (κ1) is 8.68. The molecule has 0 aromatic carbocycles. The first-order chi connectivity index (χ1) is 5.33. The van der Waals surface area contributed by atoms with E-state index >= 15 is 0 Å². The minimum absolute atomic E-state index is 0.0146. The fraction of sp³-hybridized carbons (Fsp3) is 0.875. The molecule has 3 nitrogen and oxygen atoms in total. The van der Waals surface area contributed by atoms with Crippen LogP contribution in [-0.2, 0) is 14.3 Å². The smallest absolute Gasteiger partial charge is 0.157 e. The Balaban J connectivity index is 2.06. The van der Waals surface area contributed by atoms with Crippen LogP contribution in [-0.4, -0.2) is 25.8 Å². The van der Waals surface area contributed by atoms with Crippen LogP contribution in [0.1, 0.15) is 19.8 Å². The van der Waals surface area contributed by atoms with Crippen molar-refractivity contribution in [1.29, 1.82) is 0 Å². The fourth-order valence-corrected chi connectivity index (χ4v) is 0.978. The third kappa shape index (κ3) is 2.99. The molecule has 1 heterocycles. The van der Waals surface area contributed by atoms with Crippen LogP contribution in [0, 0.1) is 5.92 Å².